The van der Waals surface area contributed by atoms with Crippen LogP contribution in [0.4, 0.5) is 5.69 Å². The highest BCUT2D eigenvalue weighted by atomic mass is 16.4. The molecule has 2 aromatic carbocycles. The molecule has 5 heteroatoms. The Morgan fingerprint density at radius 2 is 2.00 bits per heavy atom. The molecule has 0 aliphatic rings. The molecular weight excluding hydrogens is 292 g/mol. The standard InChI is InChI=1S/C18H16N2O3/c1-2-12(13-6-4-3-5-7-13)10-17(21)19-14-8-9-15-16(11-14)23-18(22)20-15/h3-11H,2H2,1H3,(H,19,21)(H,20,22)/b12-10+. The van der Waals surface area contributed by atoms with Crippen LogP contribution in [0.25, 0.3) is 16.7 Å². The number of benzene rings is 2. The minimum Gasteiger partial charge on any atom is -0.408 e. The summed E-state index contributed by atoms with van der Waals surface area (Å²) in [5.41, 5.74) is 3.57. The van der Waals surface area contributed by atoms with E-state index in [9.17, 15) is 9.59 Å². The van der Waals surface area contributed by atoms with E-state index in [1.807, 2.05) is 37.3 Å². The lowest BCUT2D eigenvalue weighted by molar-refractivity contribution is -0.111. The number of fused-ring (bicyclic) bond motifs is 1. The van der Waals surface area contributed by atoms with E-state index in [1.54, 1.807) is 24.3 Å². The Hall–Kier alpha value is -3.08. The molecule has 3 rings (SSSR count). The number of carbonyl (C=O) groups excluding carboxylic acids is 1. The van der Waals surface area contributed by atoms with Crippen LogP contribution in [-0.4, -0.2) is 10.9 Å². The van der Waals surface area contributed by atoms with Crippen LogP contribution in [0.3, 0.4) is 0 Å². The Balaban J connectivity index is 1.81. The van der Waals surface area contributed by atoms with Gasteiger partial charge in [0.1, 0.15) is 0 Å². The predicted octanol–water partition coefficient (Wildman–Crippen LogP) is 3.55. The van der Waals surface area contributed by atoms with Crippen LogP contribution in [-0.2, 0) is 4.79 Å². The van der Waals surface area contributed by atoms with Crippen molar-refractivity contribution in [3.05, 3.63) is 70.7 Å². The van der Waals surface area contributed by atoms with Crippen LogP contribution >= 0.6 is 0 Å². The molecule has 1 heterocycles. The highest BCUT2D eigenvalue weighted by Crippen LogP contribution is 2.19. The minimum absolute atomic E-state index is 0.220. The molecule has 0 aliphatic heterocycles. The summed E-state index contributed by atoms with van der Waals surface area (Å²) in [4.78, 5) is 25.9. The molecule has 116 valence electrons. The van der Waals surface area contributed by atoms with Crippen LogP contribution in [0.1, 0.15) is 18.9 Å². The number of carbonyl (C=O) groups is 1. The average molecular weight is 308 g/mol. The van der Waals surface area contributed by atoms with Crippen molar-refractivity contribution in [1.82, 2.24) is 4.98 Å². The fourth-order valence-electron chi connectivity index (χ4n) is 2.40. The van der Waals surface area contributed by atoms with E-state index < -0.39 is 5.76 Å². The number of hydrogen-bond donors (Lipinski definition) is 2. The first-order chi connectivity index (χ1) is 11.2. The van der Waals surface area contributed by atoms with Crippen LogP contribution in [0.5, 0.6) is 0 Å². The summed E-state index contributed by atoms with van der Waals surface area (Å²) < 4.78 is 4.98. The summed E-state index contributed by atoms with van der Waals surface area (Å²) in [5.74, 6) is -0.733. The van der Waals surface area contributed by atoms with E-state index in [0.29, 0.717) is 16.8 Å². The predicted molar refractivity (Wildman–Crippen MR) is 90.2 cm³/mol. The molecule has 2 N–H and O–H groups in total. The van der Waals surface area contributed by atoms with Gasteiger partial charge in [0.25, 0.3) is 0 Å². The van der Waals surface area contributed by atoms with Gasteiger partial charge in [0, 0.05) is 17.8 Å². The minimum atomic E-state index is -0.513. The summed E-state index contributed by atoms with van der Waals surface area (Å²) in [5, 5.41) is 2.79. The molecule has 1 amide bonds. The van der Waals surface area contributed by atoms with Gasteiger partial charge in [-0.2, -0.15) is 0 Å². The zero-order valence-electron chi connectivity index (χ0n) is 12.6. The van der Waals surface area contributed by atoms with Gasteiger partial charge in [-0.1, -0.05) is 37.3 Å². The van der Waals surface area contributed by atoms with Gasteiger partial charge in [0.2, 0.25) is 5.91 Å². The largest absolute Gasteiger partial charge is 0.417 e. The number of amides is 1. The van der Waals surface area contributed by atoms with Crippen molar-refractivity contribution in [2.24, 2.45) is 0 Å². The van der Waals surface area contributed by atoms with Gasteiger partial charge < -0.3 is 9.73 Å². The SMILES string of the molecule is CC/C(=C\C(=O)Nc1ccc2[nH]c(=O)oc2c1)c1ccccc1. The molecule has 0 bridgehead atoms. The monoisotopic (exact) mass is 308 g/mol. The summed E-state index contributed by atoms with van der Waals surface area (Å²) in [6.45, 7) is 2.01. The van der Waals surface area contributed by atoms with E-state index in [1.165, 1.54) is 0 Å². The van der Waals surface area contributed by atoms with E-state index in [4.69, 9.17) is 4.42 Å². The van der Waals surface area contributed by atoms with Crippen molar-refractivity contribution < 1.29 is 9.21 Å². The fourth-order valence-corrected chi connectivity index (χ4v) is 2.40. The molecule has 1 aromatic heterocycles. The normalized spacial score (nSPS) is 11.6. The maximum Gasteiger partial charge on any atom is 0.417 e. The molecule has 0 unspecified atom stereocenters. The first-order valence-electron chi connectivity index (χ1n) is 7.35. The van der Waals surface area contributed by atoms with E-state index >= 15 is 0 Å². The number of hydrogen-bond acceptors (Lipinski definition) is 3. The third-order valence-electron chi connectivity index (χ3n) is 3.52. The van der Waals surface area contributed by atoms with Gasteiger partial charge in [-0.15, -0.1) is 0 Å². The molecule has 0 spiro atoms. The Morgan fingerprint density at radius 1 is 1.22 bits per heavy atom. The van der Waals surface area contributed by atoms with Crippen LogP contribution in [0.2, 0.25) is 0 Å². The number of anilines is 1. The second kappa shape index (κ2) is 6.36. The number of rotatable bonds is 4. The second-order valence-electron chi connectivity index (χ2n) is 5.10. The summed E-state index contributed by atoms with van der Waals surface area (Å²) >= 11 is 0. The molecule has 0 radical (unpaired) electrons. The second-order valence-corrected chi connectivity index (χ2v) is 5.10. The number of H-pyrrole nitrogens is 1. The van der Waals surface area contributed by atoms with Crippen LogP contribution in [0.15, 0.2) is 63.8 Å². The van der Waals surface area contributed by atoms with Crippen molar-refractivity contribution in [3.63, 3.8) is 0 Å². The molecule has 0 saturated carbocycles. The molecular formula is C18H16N2O3. The van der Waals surface area contributed by atoms with Crippen molar-refractivity contribution >= 4 is 28.3 Å². The Kier molecular flexibility index (Phi) is 4.10. The van der Waals surface area contributed by atoms with Crippen molar-refractivity contribution in [2.75, 3.05) is 5.32 Å². The van der Waals surface area contributed by atoms with Gasteiger partial charge in [-0.25, -0.2) is 4.79 Å². The van der Waals surface area contributed by atoms with Gasteiger partial charge in [-0.05, 0) is 29.7 Å². The van der Waals surface area contributed by atoms with Crippen molar-refractivity contribution in [3.8, 4) is 0 Å². The quantitative estimate of drug-likeness (QED) is 0.724. The molecule has 5 nitrogen and oxygen atoms in total. The number of allylic oxidation sites excluding steroid dienone is 1. The molecule has 3 aromatic rings. The van der Waals surface area contributed by atoms with E-state index in [2.05, 4.69) is 10.3 Å². The smallest absolute Gasteiger partial charge is 0.408 e. The third kappa shape index (κ3) is 3.40. The Labute approximate surface area is 132 Å². The molecule has 0 aliphatic carbocycles. The topological polar surface area (TPSA) is 75.1 Å². The Bertz CT molecular complexity index is 920. The molecule has 0 atom stereocenters. The fraction of sp³-hybridized carbons (Fsp3) is 0.111. The Morgan fingerprint density at radius 3 is 2.74 bits per heavy atom. The number of aromatic nitrogens is 1. The van der Waals surface area contributed by atoms with Gasteiger partial charge in [-0.3, -0.25) is 9.78 Å². The molecule has 23 heavy (non-hydrogen) atoms. The lowest BCUT2D eigenvalue weighted by Crippen LogP contribution is -2.08. The highest BCUT2D eigenvalue weighted by Gasteiger charge is 2.06. The van der Waals surface area contributed by atoms with Crippen molar-refractivity contribution in [2.45, 2.75) is 13.3 Å². The number of oxazole rings is 1. The number of aromatic amines is 1. The van der Waals surface area contributed by atoms with Crippen LogP contribution in [0, 0.1) is 0 Å². The highest BCUT2D eigenvalue weighted by molar-refractivity contribution is 6.04. The summed E-state index contributed by atoms with van der Waals surface area (Å²) in [7, 11) is 0. The zero-order valence-corrected chi connectivity index (χ0v) is 12.6. The zero-order chi connectivity index (χ0) is 16.2. The third-order valence-corrected chi connectivity index (χ3v) is 3.52. The lowest BCUT2D eigenvalue weighted by atomic mass is 10.0. The summed E-state index contributed by atoms with van der Waals surface area (Å²) in [6.07, 6.45) is 2.34. The maximum absolute atomic E-state index is 12.2. The molecule has 0 fully saturated rings. The maximum atomic E-state index is 12.2. The van der Waals surface area contributed by atoms with E-state index in [-0.39, 0.29) is 5.91 Å². The summed E-state index contributed by atoms with van der Waals surface area (Å²) in [6, 6.07) is 14.8. The number of nitrogens with one attached hydrogen (secondary N) is 2. The van der Waals surface area contributed by atoms with Crippen LogP contribution < -0.4 is 11.1 Å². The molecule has 0 saturated heterocycles. The first-order valence-corrected chi connectivity index (χ1v) is 7.35. The van der Waals surface area contributed by atoms with Crippen molar-refractivity contribution in [1.29, 1.82) is 0 Å². The van der Waals surface area contributed by atoms with E-state index in [0.717, 1.165) is 17.6 Å². The van der Waals surface area contributed by atoms with Gasteiger partial charge >= 0.3 is 5.76 Å². The van der Waals surface area contributed by atoms with Gasteiger partial charge in [0.05, 0.1) is 5.52 Å². The average Bonchev–Trinajstić information content (AvgIpc) is 2.92. The lowest BCUT2D eigenvalue weighted by Gasteiger charge is -2.06. The van der Waals surface area contributed by atoms with Gasteiger partial charge in [0.15, 0.2) is 5.58 Å². The first kappa shape index (κ1) is 14.8.